The molecule has 17 heavy (non-hydrogen) atoms. The number of nitrogens with one attached hydrogen (secondary N) is 1. The second-order valence-electron chi connectivity index (χ2n) is 4.19. The molecule has 3 nitrogen and oxygen atoms in total. The summed E-state index contributed by atoms with van der Waals surface area (Å²) >= 11 is 4.84. The van der Waals surface area contributed by atoms with E-state index in [0.717, 1.165) is 16.8 Å². The zero-order valence-corrected chi connectivity index (χ0v) is 12.6. The molecule has 1 N–H and O–H groups in total. The number of rotatable bonds is 7. The molecule has 0 fully saturated rings. The molecule has 0 atom stereocenters. The van der Waals surface area contributed by atoms with E-state index in [-0.39, 0.29) is 5.91 Å². The summed E-state index contributed by atoms with van der Waals surface area (Å²) in [7, 11) is 0. The van der Waals surface area contributed by atoms with Crippen molar-refractivity contribution < 1.29 is 9.53 Å². The molecule has 5 heteroatoms. The maximum absolute atomic E-state index is 11.6. The Bertz CT molecular complexity index is 352. The van der Waals surface area contributed by atoms with Gasteiger partial charge in [0.2, 0.25) is 0 Å². The van der Waals surface area contributed by atoms with Gasteiger partial charge >= 0.3 is 0 Å². The van der Waals surface area contributed by atoms with Crippen LogP contribution in [0.5, 0.6) is 0 Å². The van der Waals surface area contributed by atoms with E-state index in [1.54, 1.807) is 0 Å². The standard InChI is InChI=1S/C12H18BrNO2S/c1-9(2)3-5-16-6-4-14-12(15)10-7-11(13)17-8-10/h7-9H,3-6H2,1-2H3,(H,14,15). The number of carbonyl (C=O) groups is 1. The molecule has 0 aromatic carbocycles. The Kier molecular flexibility index (Phi) is 6.77. The summed E-state index contributed by atoms with van der Waals surface area (Å²) in [5, 5.41) is 4.65. The first kappa shape index (κ1) is 14.7. The second kappa shape index (κ2) is 7.84. The smallest absolute Gasteiger partial charge is 0.252 e. The average Bonchev–Trinajstić information content (AvgIpc) is 2.69. The summed E-state index contributed by atoms with van der Waals surface area (Å²) in [5.74, 6) is 0.618. The van der Waals surface area contributed by atoms with E-state index in [9.17, 15) is 4.79 Å². The van der Waals surface area contributed by atoms with Crippen LogP contribution in [0, 0.1) is 5.92 Å². The maximum atomic E-state index is 11.6. The van der Waals surface area contributed by atoms with Gasteiger partial charge in [0.25, 0.3) is 5.91 Å². The Morgan fingerprint density at radius 2 is 2.29 bits per heavy atom. The van der Waals surface area contributed by atoms with Gasteiger partial charge in [0.05, 0.1) is 16.0 Å². The molecule has 96 valence electrons. The first-order valence-electron chi connectivity index (χ1n) is 5.69. The normalized spacial score (nSPS) is 10.8. The van der Waals surface area contributed by atoms with Gasteiger partial charge in [-0.25, -0.2) is 0 Å². The second-order valence-corrected chi connectivity index (χ2v) is 6.48. The van der Waals surface area contributed by atoms with Gasteiger partial charge < -0.3 is 10.1 Å². The highest BCUT2D eigenvalue weighted by atomic mass is 79.9. The molecule has 0 spiro atoms. The van der Waals surface area contributed by atoms with Gasteiger partial charge in [-0.15, -0.1) is 11.3 Å². The van der Waals surface area contributed by atoms with Crippen LogP contribution >= 0.6 is 27.3 Å². The van der Waals surface area contributed by atoms with Crippen LogP contribution in [0.1, 0.15) is 30.6 Å². The maximum Gasteiger partial charge on any atom is 0.252 e. The number of halogens is 1. The molecule has 0 bridgehead atoms. The summed E-state index contributed by atoms with van der Waals surface area (Å²) < 4.78 is 6.38. The molecule has 0 radical (unpaired) electrons. The van der Waals surface area contributed by atoms with Crippen molar-refractivity contribution in [3.63, 3.8) is 0 Å². The molecule has 0 saturated heterocycles. The van der Waals surface area contributed by atoms with Gasteiger partial charge in [-0.1, -0.05) is 13.8 Å². The van der Waals surface area contributed by atoms with E-state index >= 15 is 0 Å². The topological polar surface area (TPSA) is 38.3 Å². The lowest BCUT2D eigenvalue weighted by Gasteiger charge is -2.07. The lowest BCUT2D eigenvalue weighted by Crippen LogP contribution is -2.27. The van der Waals surface area contributed by atoms with Crippen LogP contribution in [0.4, 0.5) is 0 Å². The minimum Gasteiger partial charge on any atom is -0.380 e. The van der Waals surface area contributed by atoms with Gasteiger partial charge in [-0.3, -0.25) is 4.79 Å². The number of hydrogen-bond donors (Lipinski definition) is 1. The predicted octanol–water partition coefficient (Wildman–Crippen LogP) is 3.30. The molecule has 1 rings (SSSR count). The fourth-order valence-corrected chi connectivity index (χ4v) is 2.33. The SMILES string of the molecule is CC(C)CCOCCNC(=O)c1csc(Br)c1. The molecule has 0 aliphatic rings. The highest BCUT2D eigenvalue weighted by Crippen LogP contribution is 2.20. The Balaban J connectivity index is 2.09. The van der Waals surface area contributed by atoms with Crippen LogP contribution in [0.2, 0.25) is 0 Å². The fourth-order valence-electron chi connectivity index (χ4n) is 1.19. The molecule has 1 aromatic heterocycles. The average molecular weight is 320 g/mol. The Morgan fingerprint density at radius 1 is 1.53 bits per heavy atom. The molecule has 1 amide bonds. The van der Waals surface area contributed by atoms with Crippen LogP contribution in [-0.4, -0.2) is 25.7 Å². The van der Waals surface area contributed by atoms with Gasteiger partial charge in [-0.2, -0.15) is 0 Å². The van der Waals surface area contributed by atoms with Crippen molar-refractivity contribution >= 4 is 33.2 Å². The Morgan fingerprint density at radius 3 is 2.88 bits per heavy atom. The van der Waals surface area contributed by atoms with Crippen LogP contribution in [0.25, 0.3) is 0 Å². The number of carbonyl (C=O) groups excluding carboxylic acids is 1. The van der Waals surface area contributed by atoms with Gasteiger partial charge in [-0.05, 0) is 34.3 Å². The minimum absolute atomic E-state index is 0.0422. The zero-order chi connectivity index (χ0) is 12.7. The Labute approximate surface area is 115 Å². The van der Waals surface area contributed by atoms with Crippen molar-refractivity contribution in [2.45, 2.75) is 20.3 Å². The van der Waals surface area contributed by atoms with Crippen molar-refractivity contribution in [1.82, 2.24) is 5.32 Å². The summed E-state index contributed by atoms with van der Waals surface area (Å²) in [6.45, 7) is 6.23. The van der Waals surface area contributed by atoms with Crippen molar-refractivity contribution in [2.24, 2.45) is 5.92 Å². The van der Waals surface area contributed by atoms with Crippen LogP contribution in [0.15, 0.2) is 15.2 Å². The summed E-state index contributed by atoms with van der Waals surface area (Å²) in [6.07, 6.45) is 1.06. The third-order valence-electron chi connectivity index (χ3n) is 2.20. The number of thiophene rings is 1. The third-order valence-corrected chi connectivity index (χ3v) is 3.71. The van der Waals surface area contributed by atoms with Gasteiger partial charge in [0.15, 0.2) is 0 Å². The monoisotopic (exact) mass is 319 g/mol. The zero-order valence-electron chi connectivity index (χ0n) is 10.2. The van der Waals surface area contributed by atoms with Gasteiger partial charge in [0, 0.05) is 18.5 Å². The molecule has 0 unspecified atom stereocenters. The van der Waals surface area contributed by atoms with Crippen LogP contribution in [0.3, 0.4) is 0 Å². The van der Waals surface area contributed by atoms with Crippen LogP contribution in [-0.2, 0) is 4.74 Å². The van der Waals surface area contributed by atoms with E-state index in [1.807, 2.05) is 11.4 Å². The Hall–Kier alpha value is -0.390. The molecular weight excluding hydrogens is 302 g/mol. The molecule has 0 aliphatic heterocycles. The lowest BCUT2D eigenvalue weighted by molar-refractivity contribution is 0.0906. The quantitative estimate of drug-likeness (QED) is 0.783. The third kappa shape index (κ3) is 6.19. The van der Waals surface area contributed by atoms with Crippen molar-refractivity contribution in [3.05, 3.63) is 20.8 Å². The summed E-state index contributed by atoms with van der Waals surface area (Å²) in [5.41, 5.74) is 0.698. The molecule has 1 heterocycles. The first-order chi connectivity index (χ1) is 8.09. The van der Waals surface area contributed by atoms with Crippen LogP contribution < -0.4 is 5.32 Å². The predicted molar refractivity (Wildman–Crippen MR) is 74.6 cm³/mol. The molecular formula is C12H18BrNO2S. The number of hydrogen-bond acceptors (Lipinski definition) is 3. The van der Waals surface area contributed by atoms with E-state index < -0.39 is 0 Å². The van der Waals surface area contributed by atoms with E-state index in [1.165, 1.54) is 11.3 Å². The van der Waals surface area contributed by atoms with Gasteiger partial charge in [0.1, 0.15) is 0 Å². The first-order valence-corrected chi connectivity index (χ1v) is 7.37. The molecule has 0 saturated carbocycles. The van der Waals surface area contributed by atoms with Crippen molar-refractivity contribution in [3.8, 4) is 0 Å². The fraction of sp³-hybridized carbons (Fsp3) is 0.583. The number of ether oxygens (including phenoxy) is 1. The van der Waals surface area contributed by atoms with E-state index in [0.29, 0.717) is 24.6 Å². The highest BCUT2D eigenvalue weighted by molar-refractivity contribution is 9.11. The summed E-state index contributed by atoms with van der Waals surface area (Å²) in [4.78, 5) is 11.6. The van der Waals surface area contributed by atoms with E-state index in [4.69, 9.17) is 4.74 Å². The number of amides is 1. The summed E-state index contributed by atoms with van der Waals surface area (Å²) in [6, 6.07) is 1.82. The largest absolute Gasteiger partial charge is 0.380 e. The molecule has 1 aromatic rings. The minimum atomic E-state index is -0.0422. The van der Waals surface area contributed by atoms with Crippen molar-refractivity contribution in [1.29, 1.82) is 0 Å². The lowest BCUT2D eigenvalue weighted by atomic mass is 10.1. The van der Waals surface area contributed by atoms with Crippen molar-refractivity contribution in [2.75, 3.05) is 19.8 Å². The molecule has 0 aliphatic carbocycles. The highest BCUT2D eigenvalue weighted by Gasteiger charge is 2.06. The van der Waals surface area contributed by atoms with E-state index in [2.05, 4.69) is 35.1 Å².